The van der Waals surface area contributed by atoms with Gasteiger partial charge in [0.1, 0.15) is 17.3 Å². The zero-order valence-electron chi connectivity index (χ0n) is 22.2. The number of fused-ring (bicyclic) bond motifs is 1. The van der Waals surface area contributed by atoms with Crippen LogP contribution in [-0.2, 0) is 21.5 Å². The lowest BCUT2D eigenvalue weighted by atomic mass is 9.80. The third-order valence-electron chi connectivity index (χ3n) is 6.95. The summed E-state index contributed by atoms with van der Waals surface area (Å²) in [5, 5.41) is 18.0. The molecular weight excluding hydrogens is 557 g/mol. The van der Waals surface area contributed by atoms with Crippen LogP contribution in [0.25, 0.3) is 10.1 Å². The number of halogens is 2. The first-order chi connectivity index (χ1) is 19.1. The molecule has 1 fully saturated rings. The monoisotopic (exact) mass is 585 g/mol. The number of aromatic nitrogens is 3. The highest BCUT2D eigenvalue weighted by molar-refractivity contribution is 7.13. The second-order valence-corrected chi connectivity index (χ2v) is 11.6. The molecule has 3 N–H and O–H groups in total. The van der Waals surface area contributed by atoms with Crippen LogP contribution in [0.5, 0.6) is 0 Å². The average Bonchev–Trinajstić information content (AvgIpc) is 3.46. The van der Waals surface area contributed by atoms with Crippen molar-refractivity contribution in [1.29, 1.82) is 0 Å². The first kappa shape index (κ1) is 28.3. The summed E-state index contributed by atoms with van der Waals surface area (Å²) in [5.74, 6) is -0.725. The van der Waals surface area contributed by atoms with Gasteiger partial charge in [-0.3, -0.25) is 14.9 Å². The second-order valence-electron chi connectivity index (χ2n) is 10.4. The number of rotatable bonds is 10. The maximum atomic E-state index is 14.4. The van der Waals surface area contributed by atoms with Crippen molar-refractivity contribution in [3.63, 3.8) is 0 Å². The minimum absolute atomic E-state index is 0.108. The van der Waals surface area contributed by atoms with Gasteiger partial charge in [-0.05, 0) is 48.3 Å². The van der Waals surface area contributed by atoms with Crippen molar-refractivity contribution in [2.75, 3.05) is 25.1 Å². The van der Waals surface area contributed by atoms with Gasteiger partial charge in [0.2, 0.25) is 0 Å². The van der Waals surface area contributed by atoms with Crippen molar-refractivity contribution in [2.45, 2.75) is 39.0 Å². The van der Waals surface area contributed by atoms with Crippen LogP contribution < -0.4 is 10.6 Å². The molecule has 12 heteroatoms. The predicted molar refractivity (Wildman–Crippen MR) is 151 cm³/mol. The van der Waals surface area contributed by atoms with E-state index in [0.717, 1.165) is 4.70 Å². The van der Waals surface area contributed by atoms with Crippen LogP contribution in [0.15, 0.2) is 42.5 Å². The number of ether oxygens (including phenoxy) is 1. The van der Waals surface area contributed by atoms with Gasteiger partial charge in [-0.15, -0.1) is 0 Å². The first-order valence-electron chi connectivity index (χ1n) is 12.8. The lowest BCUT2D eigenvalue weighted by Crippen LogP contribution is -2.39. The molecule has 1 atom stereocenters. The Bertz CT molecular complexity index is 1580. The number of aliphatic hydroxyl groups is 1. The van der Waals surface area contributed by atoms with Gasteiger partial charge in [-0.1, -0.05) is 43.6 Å². The highest BCUT2D eigenvalue weighted by Gasteiger charge is 2.37. The van der Waals surface area contributed by atoms with Crippen molar-refractivity contribution < 1.29 is 23.8 Å². The molecule has 0 saturated carbocycles. The second kappa shape index (κ2) is 11.3. The number of imidazole rings is 1. The third kappa shape index (κ3) is 5.52. The molecule has 0 spiro atoms. The fourth-order valence-corrected chi connectivity index (χ4v) is 6.00. The number of anilines is 1. The topological polar surface area (TPSA) is 118 Å². The lowest BCUT2D eigenvalue weighted by molar-refractivity contribution is -0.117. The summed E-state index contributed by atoms with van der Waals surface area (Å²) in [6.45, 7) is 6.50. The van der Waals surface area contributed by atoms with Crippen LogP contribution in [0.1, 0.15) is 54.6 Å². The number of amides is 1. The largest absolute Gasteiger partial charge is 0.381 e. The number of carbonyl (C=O) groups is 2. The van der Waals surface area contributed by atoms with Gasteiger partial charge >= 0.3 is 0 Å². The standard InChI is InChI=1S/C28H29ClFN5O4S/c1-15(36)12-35-23(28(2,3)19-10-17(30)8-9-20(19)29)24(32-25(35)27(38)31-11-16-13-39-14-16)33-26(37)22-18-6-4-5-7-21(18)40-34-22/h4-10,16,27,31,38H,11-14H2,1-3H3,(H,33,37). The maximum absolute atomic E-state index is 14.4. The van der Waals surface area contributed by atoms with E-state index in [-0.39, 0.29) is 35.6 Å². The van der Waals surface area contributed by atoms with E-state index in [0.29, 0.717) is 41.4 Å². The molecule has 4 aromatic rings. The summed E-state index contributed by atoms with van der Waals surface area (Å²) >= 11 is 7.74. The van der Waals surface area contributed by atoms with Gasteiger partial charge in [-0.25, -0.2) is 9.37 Å². The van der Waals surface area contributed by atoms with Crippen molar-refractivity contribution in [3.8, 4) is 0 Å². The highest BCUT2D eigenvalue weighted by atomic mass is 35.5. The molecule has 3 heterocycles. The Balaban J connectivity index is 1.63. The summed E-state index contributed by atoms with van der Waals surface area (Å²) in [6.07, 6.45) is -1.26. The van der Waals surface area contributed by atoms with Gasteiger partial charge in [0, 0.05) is 28.3 Å². The fraction of sp³-hybridized carbons (Fsp3) is 0.357. The average molecular weight is 586 g/mol. The molecule has 9 nitrogen and oxygen atoms in total. The van der Waals surface area contributed by atoms with Gasteiger partial charge in [0.15, 0.2) is 17.9 Å². The molecule has 40 heavy (non-hydrogen) atoms. The minimum Gasteiger partial charge on any atom is -0.381 e. The van der Waals surface area contributed by atoms with Crippen LogP contribution in [0.2, 0.25) is 5.02 Å². The zero-order chi connectivity index (χ0) is 28.6. The molecular formula is C28H29ClFN5O4S. The van der Waals surface area contributed by atoms with E-state index in [1.165, 1.54) is 36.7 Å². The lowest BCUT2D eigenvalue weighted by Gasteiger charge is -2.30. The molecule has 1 aliphatic rings. The summed E-state index contributed by atoms with van der Waals surface area (Å²) in [7, 11) is 0. The molecule has 1 unspecified atom stereocenters. The molecule has 210 valence electrons. The van der Waals surface area contributed by atoms with Crippen molar-refractivity contribution in [3.05, 3.63) is 76.1 Å². The van der Waals surface area contributed by atoms with E-state index < -0.39 is 23.4 Å². The summed E-state index contributed by atoms with van der Waals surface area (Å²) in [5.41, 5.74) is -0.0340. The van der Waals surface area contributed by atoms with Gasteiger partial charge < -0.3 is 19.7 Å². The van der Waals surface area contributed by atoms with E-state index in [2.05, 4.69) is 20.0 Å². The van der Waals surface area contributed by atoms with Gasteiger partial charge in [-0.2, -0.15) is 4.37 Å². The zero-order valence-corrected chi connectivity index (χ0v) is 23.8. The molecule has 0 radical (unpaired) electrons. The molecule has 1 saturated heterocycles. The van der Waals surface area contributed by atoms with Crippen molar-refractivity contribution in [1.82, 2.24) is 19.2 Å². The number of benzene rings is 2. The number of hydrogen-bond donors (Lipinski definition) is 3. The predicted octanol–water partition coefficient (Wildman–Crippen LogP) is 4.68. The summed E-state index contributed by atoms with van der Waals surface area (Å²) in [6, 6.07) is 11.4. The van der Waals surface area contributed by atoms with Crippen molar-refractivity contribution >= 4 is 50.7 Å². The minimum atomic E-state index is -1.26. The number of hydrogen-bond acceptors (Lipinski definition) is 8. The number of Topliss-reactive ketones (excluding diaryl/α,β-unsaturated/α-hetero) is 1. The van der Waals surface area contributed by atoms with E-state index in [9.17, 15) is 19.1 Å². The van der Waals surface area contributed by atoms with E-state index >= 15 is 0 Å². The number of nitrogens with one attached hydrogen (secondary N) is 2. The Kier molecular flexibility index (Phi) is 8.03. The smallest absolute Gasteiger partial charge is 0.277 e. The number of aliphatic hydroxyl groups excluding tert-OH is 1. The van der Waals surface area contributed by atoms with Crippen LogP contribution in [0, 0.1) is 11.7 Å². The fourth-order valence-electron chi connectivity index (χ4n) is 4.87. The van der Waals surface area contributed by atoms with E-state index in [4.69, 9.17) is 16.3 Å². The number of carbonyl (C=O) groups excluding carboxylic acids is 2. The molecule has 0 bridgehead atoms. The first-order valence-corrected chi connectivity index (χ1v) is 13.9. The van der Waals surface area contributed by atoms with Crippen LogP contribution in [0.3, 0.4) is 0 Å². The van der Waals surface area contributed by atoms with Crippen molar-refractivity contribution in [2.24, 2.45) is 5.92 Å². The molecule has 2 aromatic heterocycles. The Morgan fingerprint density at radius 1 is 1.27 bits per heavy atom. The molecule has 5 rings (SSSR count). The Morgan fingerprint density at radius 2 is 2.02 bits per heavy atom. The highest BCUT2D eigenvalue weighted by Crippen LogP contribution is 2.41. The molecule has 0 aliphatic carbocycles. The Morgan fingerprint density at radius 3 is 2.73 bits per heavy atom. The molecule has 2 aromatic carbocycles. The molecule has 1 aliphatic heterocycles. The molecule has 1 amide bonds. The van der Waals surface area contributed by atoms with Crippen LogP contribution >= 0.6 is 23.1 Å². The Hall–Kier alpha value is -3.22. The van der Waals surface area contributed by atoms with Gasteiger partial charge in [0.25, 0.3) is 5.91 Å². The Labute approximate surface area is 239 Å². The normalized spacial score (nSPS) is 14.8. The maximum Gasteiger partial charge on any atom is 0.277 e. The summed E-state index contributed by atoms with van der Waals surface area (Å²) in [4.78, 5) is 30.6. The number of nitrogens with zero attached hydrogens (tertiary/aromatic N) is 3. The third-order valence-corrected chi connectivity index (χ3v) is 8.10. The quantitative estimate of drug-likeness (QED) is 0.231. The SMILES string of the molecule is CC(=O)Cn1c(C(O)NCC2COC2)nc(NC(=O)c2nsc3ccccc23)c1C(C)(C)c1cc(F)ccc1Cl. The summed E-state index contributed by atoms with van der Waals surface area (Å²) < 4.78 is 26.4. The van der Waals surface area contributed by atoms with E-state index in [1.807, 2.05) is 24.3 Å². The van der Waals surface area contributed by atoms with Gasteiger partial charge in [0.05, 0.1) is 30.2 Å². The van der Waals surface area contributed by atoms with Crippen LogP contribution in [-0.4, -0.2) is 50.5 Å². The number of ketones is 1. The van der Waals surface area contributed by atoms with E-state index in [1.54, 1.807) is 18.4 Å². The van der Waals surface area contributed by atoms with Crippen LogP contribution in [0.4, 0.5) is 10.2 Å².